The molecule has 2 aromatic rings. The lowest BCUT2D eigenvalue weighted by Gasteiger charge is -2.22. The number of carbonyl (C=O) groups is 1. The van der Waals surface area contributed by atoms with Crippen LogP contribution in [-0.2, 0) is 6.54 Å². The van der Waals surface area contributed by atoms with Crippen molar-refractivity contribution in [1.29, 1.82) is 0 Å². The number of carbonyl (C=O) groups excluding carboxylic acids is 1. The van der Waals surface area contributed by atoms with Crippen molar-refractivity contribution in [2.24, 2.45) is 0 Å². The van der Waals surface area contributed by atoms with Gasteiger partial charge in [-0.1, -0.05) is 6.07 Å². The lowest BCUT2D eigenvalue weighted by molar-refractivity contribution is 0.0951. The van der Waals surface area contributed by atoms with Gasteiger partial charge in [0, 0.05) is 36.9 Å². The Morgan fingerprint density at radius 1 is 1.36 bits per heavy atom. The van der Waals surface area contributed by atoms with Crippen molar-refractivity contribution in [1.82, 2.24) is 15.1 Å². The summed E-state index contributed by atoms with van der Waals surface area (Å²) >= 11 is 0. The van der Waals surface area contributed by atoms with Crippen molar-refractivity contribution < 1.29 is 9.18 Å². The van der Waals surface area contributed by atoms with E-state index in [0.29, 0.717) is 16.9 Å². The minimum Gasteiger partial charge on any atom is -0.383 e. The Bertz CT molecular complexity index is 765. The molecule has 0 unspecified atom stereocenters. The number of nitrogen functional groups attached to an aromatic ring is 1. The summed E-state index contributed by atoms with van der Waals surface area (Å²) < 4.78 is 15.9. The van der Waals surface area contributed by atoms with E-state index in [-0.39, 0.29) is 24.3 Å². The molecule has 0 bridgehead atoms. The number of benzene rings is 1. The predicted molar refractivity (Wildman–Crippen MR) is 96.0 cm³/mol. The third kappa shape index (κ3) is 3.45. The second-order valence-corrected chi connectivity index (χ2v) is 6.60. The number of halogens is 1. The van der Waals surface area contributed by atoms with Gasteiger partial charge in [-0.25, -0.2) is 9.07 Å². The zero-order valence-electron chi connectivity index (χ0n) is 14.6. The monoisotopic (exact) mass is 345 g/mol. The number of nitrogens with two attached hydrogens (primary N) is 1. The number of anilines is 2. The Hall–Kier alpha value is -2.57. The SMILES string of the molecule is CC(C)n1ncc(C(=O)NCc2c(F)cccc2N2CCCC2)c1N. The normalized spacial score (nSPS) is 14.3. The van der Waals surface area contributed by atoms with Crippen LogP contribution in [0.15, 0.2) is 24.4 Å². The molecule has 1 amide bonds. The Labute approximate surface area is 146 Å². The van der Waals surface area contributed by atoms with Gasteiger partial charge in [-0.2, -0.15) is 5.10 Å². The van der Waals surface area contributed by atoms with Crippen LogP contribution in [0.5, 0.6) is 0 Å². The van der Waals surface area contributed by atoms with Crippen molar-refractivity contribution in [3.05, 3.63) is 41.3 Å². The highest BCUT2D eigenvalue weighted by atomic mass is 19.1. The van der Waals surface area contributed by atoms with E-state index in [0.717, 1.165) is 31.6 Å². The third-order valence-electron chi connectivity index (χ3n) is 4.53. The highest BCUT2D eigenvalue weighted by Gasteiger charge is 2.20. The van der Waals surface area contributed by atoms with Crippen LogP contribution in [0, 0.1) is 5.82 Å². The van der Waals surface area contributed by atoms with Gasteiger partial charge in [0.15, 0.2) is 0 Å². The average Bonchev–Trinajstić information content (AvgIpc) is 3.22. The Balaban J connectivity index is 1.76. The van der Waals surface area contributed by atoms with Crippen LogP contribution in [-0.4, -0.2) is 28.8 Å². The summed E-state index contributed by atoms with van der Waals surface area (Å²) in [6, 6.07) is 5.10. The first-order chi connectivity index (χ1) is 12.0. The first kappa shape index (κ1) is 17.3. The highest BCUT2D eigenvalue weighted by Crippen LogP contribution is 2.27. The molecule has 3 N–H and O–H groups in total. The largest absolute Gasteiger partial charge is 0.383 e. The van der Waals surface area contributed by atoms with Crippen LogP contribution in [0.1, 0.15) is 48.7 Å². The maximum absolute atomic E-state index is 14.3. The Morgan fingerprint density at radius 2 is 2.08 bits per heavy atom. The topological polar surface area (TPSA) is 76.2 Å². The van der Waals surface area contributed by atoms with Crippen molar-refractivity contribution in [2.45, 2.75) is 39.3 Å². The molecular weight excluding hydrogens is 321 g/mol. The van der Waals surface area contributed by atoms with Gasteiger partial charge in [0.2, 0.25) is 0 Å². The van der Waals surface area contributed by atoms with E-state index < -0.39 is 0 Å². The van der Waals surface area contributed by atoms with Crippen LogP contribution < -0.4 is 16.0 Å². The molecule has 1 aliphatic rings. The van der Waals surface area contributed by atoms with Crippen LogP contribution in [0.4, 0.5) is 15.9 Å². The van der Waals surface area contributed by atoms with Gasteiger partial charge in [0.25, 0.3) is 5.91 Å². The average molecular weight is 345 g/mol. The molecule has 3 rings (SSSR count). The summed E-state index contributed by atoms with van der Waals surface area (Å²) in [5.41, 5.74) is 7.66. The van der Waals surface area contributed by atoms with E-state index in [1.165, 1.54) is 12.3 Å². The summed E-state index contributed by atoms with van der Waals surface area (Å²) in [6.07, 6.45) is 3.66. The number of aromatic nitrogens is 2. The van der Waals surface area contributed by atoms with Gasteiger partial charge in [0.05, 0.1) is 6.20 Å². The molecular formula is C18H24FN5O. The smallest absolute Gasteiger partial charge is 0.256 e. The maximum atomic E-state index is 14.3. The fourth-order valence-electron chi connectivity index (χ4n) is 3.20. The van der Waals surface area contributed by atoms with Gasteiger partial charge in [-0.05, 0) is 38.8 Å². The van der Waals surface area contributed by atoms with Crippen LogP contribution in [0.2, 0.25) is 0 Å². The molecule has 1 fully saturated rings. The molecule has 0 radical (unpaired) electrons. The molecule has 134 valence electrons. The lowest BCUT2D eigenvalue weighted by atomic mass is 10.1. The molecule has 1 saturated heterocycles. The fourth-order valence-corrected chi connectivity index (χ4v) is 3.20. The second-order valence-electron chi connectivity index (χ2n) is 6.60. The number of amides is 1. The predicted octanol–water partition coefficient (Wildman–Crippen LogP) is 2.72. The number of nitrogens with zero attached hydrogens (tertiary/aromatic N) is 3. The molecule has 0 aliphatic carbocycles. The van der Waals surface area contributed by atoms with E-state index in [2.05, 4.69) is 15.3 Å². The van der Waals surface area contributed by atoms with Crippen molar-refractivity contribution in [3.63, 3.8) is 0 Å². The molecule has 25 heavy (non-hydrogen) atoms. The van der Waals surface area contributed by atoms with E-state index in [1.54, 1.807) is 10.7 Å². The fraction of sp³-hybridized carbons (Fsp3) is 0.444. The molecule has 1 aromatic heterocycles. The van der Waals surface area contributed by atoms with E-state index >= 15 is 0 Å². The van der Waals surface area contributed by atoms with Gasteiger partial charge in [-0.3, -0.25) is 4.79 Å². The maximum Gasteiger partial charge on any atom is 0.256 e. The van der Waals surface area contributed by atoms with E-state index in [9.17, 15) is 9.18 Å². The molecule has 0 spiro atoms. The van der Waals surface area contributed by atoms with Gasteiger partial charge in [0.1, 0.15) is 17.2 Å². The van der Waals surface area contributed by atoms with Crippen molar-refractivity contribution in [2.75, 3.05) is 23.7 Å². The summed E-state index contributed by atoms with van der Waals surface area (Å²) in [4.78, 5) is 14.6. The quantitative estimate of drug-likeness (QED) is 0.874. The number of nitrogens with one attached hydrogen (secondary N) is 1. The first-order valence-electron chi connectivity index (χ1n) is 8.62. The second kappa shape index (κ2) is 7.13. The zero-order chi connectivity index (χ0) is 18.0. The minimum absolute atomic E-state index is 0.0647. The molecule has 1 aromatic carbocycles. The van der Waals surface area contributed by atoms with Crippen LogP contribution >= 0.6 is 0 Å². The molecule has 6 nitrogen and oxygen atoms in total. The summed E-state index contributed by atoms with van der Waals surface area (Å²) in [7, 11) is 0. The lowest BCUT2D eigenvalue weighted by Crippen LogP contribution is -2.27. The molecule has 7 heteroatoms. The molecule has 1 aliphatic heterocycles. The van der Waals surface area contributed by atoms with Gasteiger partial charge < -0.3 is 16.0 Å². The molecule has 2 heterocycles. The van der Waals surface area contributed by atoms with Crippen LogP contribution in [0.3, 0.4) is 0 Å². The van der Waals surface area contributed by atoms with Gasteiger partial charge in [-0.15, -0.1) is 0 Å². The van der Waals surface area contributed by atoms with Crippen LogP contribution in [0.25, 0.3) is 0 Å². The number of hydrogen-bond donors (Lipinski definition) is 2. The van der Waals surface area contributed by atoms with Gasteiger partial charge >= 0.3 is 0 Å². The summed E-state index contributed by atoms with van der Waals surface area (Å²) in [5.74, 6) is -0.337. The highest BCUT2D eigenvalue weighted by molar-refractivity contribution is 5.98. The van der Waals surface area contributed by atoms with Crippen molar-refractivity contribution >= 4 is 17.4 Å². The minimum atomic E-state index is -0.347. The standard InChI is InChI=1S/C18H24FN5O/c1-12(2)24-17(20)14(11-22-24)18(25)21-10-13-15(19)6-5-7-16(13)23-8-3-4-9-23/h5-7,11-12H,3-4,8-10,20H2,1-2H3,(H,21,25). The Kier molecular flexibility index (Phi) is 4.92. The zero-order valence-corrected chi connectivity index (χ0v) is 14.6. The van der Waals surface area contributed by atoms with Crippen molar-refractivity contribution in [3.8, 4) is 0 Å². The van der Waals surface area contributed by atoms with E-state index in [1.807, 2.05) is 19.9 Å². The molecule has 0 saturated carbocycles. The summed E-state index contributed by atoms with van der Waals surface area (Å²) in [5, 5.41) is 6.91. The first-order valence-corrected chi connectivity index (χ1v) is 8.62. The number of rotatable bonds is 5. The number of hydrogen-bond acceptors (Lipinski definition) is 4. The Morgan fingerprint density at radius 3 is 2.72 bits per heavy atom. The third-order valence-corrected chi connectivity index (χ3v) is 4.53. The molecule has 0 atom stereocenters. The summed E-state index contributed by atoms with van der Waals surface area (Å²) in [6.45, 7) is 5.82. The van der Waals surface area contributed by atoms with E-state index in [4.69, 9.17) is 5.73 Å².